The number of H-pyrrole nitrogens is 1. The van der Waals surface area contributed by atoms with Crippen molar-refractivity contribution in [3.8, 4) is 10.6 Å². The number of amides is 1. The van der Waals surface area contributed by atoms with E-state index in [4.69, 9.17) is 11.6 Å². The number of aromatic amines is 1. The molecule has 0 saturated carbocycles. The average molecular weight is 463 g/mol. The molecule has 0 aliphatic rings. The van der Waals surface area contributed by atoms with Crippen LogP contribution in [-0.2, 0) is 14.6 Å². The van der Waals surface area contributed by atoms with Gasteiger partial charge in [0.15, 0.2) is 14.8 Å². The first kappa shape index (κ1) is 20.3. The molecule has 0 aliphatic carbocycles. The minimum absolute atomic E-state index is 0.0946. The number of anilines is 3. The van der Waals surface area contributed by atoms with Crippen LogP contribution >= 0.6 is 22.9 Å². The van der Waals surface area contributed by atoms with Gasteiger partial charge in [-0.25, -0.2) is 8.42 Å². The van der Waals surface area contributed by atoms with E-state index in [1.807, 2.05) is 6.07 Å². The number of nitrogens with one attached hydrogen (secondary N) is 3. The maximum absolute atomic E-state index is 12.2. The molecular weight excluding hydrogens is 448 g/mol. The molecule has 4 aromatic rings. The lowest BCUT2D eigenvalue weighted by atomic mass is 10.2. The Labute approximate surface area is 180 Å². The van der Waals surface area contributed by atoms with Crippen LogP contribution in [0.15, 0.2) is 41.4 Å². The van der Waals surface area contributed by atoms with Gasteiger partial charge in [-0.3, -0.25) is 9.89 Å². The van der Waals surface area contributed by atoms with Crippen molar-refractivity contribution < 1.29 is 13.2 Å². The molecule has 2 aromatic carbocycles. The number of fused-ring (bicyclic) bond motifs is 1. The van der Waals surface area contributed by atoms with E-state index in [0.29, 0.717) is 32.1 Å². The number of nitrogens with zero attached hydrogens (tertiary/aromatic N) is 3. The number of hydrogen-bond acceptors (Lipinski definition) is 8. The molecule has 154 valence electrons. The first-order valence-electron chi connectivity index (χ1n) is 8.56. The maximum Gasteiger partial charge on any atom is 0.221 e. The lowest BCUT2D eigenvalue weighted by Crippen LogP contribution is -2.07. The number of aromatic nitrogens is 4. The van der Waals surface area contributed by atoms with Crippen molar-refractivity contribution in [3.05, 3.63) is 41.6 Å². The van der Waals surface area contributed by atoms with Crippen LogP contribution in [0.3, 0.4) is 0 Å². The Balaban J connectivity index is 1.72. The van der Waals surface area contributed by atoms with Gasteiger partial charge in [0.05, 0.1) is 27.3 Å². The lowest BCUT2D eigenvalue weighted by molar-refractivity contribution is -0.114. The molecule has 9 nitrogen and oxygen atoms in total. The normalized spacial score (nSPS) is 11.6. The van der Waals surface area contributed by atoms with Gasteiger partial charge < -0.3 is 10.6 Å². The molecule has 30 heavy (non-hydrogen) atoms. The van der Waals surface area contributed by atoms with Crippen LogP contribution in [0.5, 0.6) is 0 Å². The molecule has 0 spiro atoms. The summed E-state index contributed by atoms with van der Waals surface area (Å²) in [5.41, 5.74) is 2.23. The van der Waals surface area contributed by atoms with Gasteiger partial charge in [-0.05, 0) is 30.3 Å². The van der Waals surface area contributed by atoms with Crippen LogP contribution in [0.2, 0.25) is 5.02 Å². The molecule has 0 unspecified atom stereocenters. The molecule has 0 saturated heterocycles. The number of sulfone groups is 1. The lowest BCUT2D eigenvalue weighted by Gasteiger charge is -2.08. The van der Waals surface area contributed by atoms with Crippen LogP contribution in [0.1, 0.15) is 6.92 Å². The summed E-state index contributed by atoms with van der Waals surface area (Å²) in [4.78, 5) is 11.5. The van der Waals surface area contributed by atoms with Crippen molar-refractivity contribution in [2.75, 3.05) is 16.9 Å². The molecule has 0 aliphatic heterocycles. The largest absolute Gasteiger partial charge is 0.329 e. The van der Waals surface area contributed by atoms with Crippen molar-refractivity contribution >= 4 is 66.1 Å². The second kappa shape index (κ2) is 7.67. The number of carbonyl (C=O) groups is 1. The third kappa shape index (κ3) is 3.99. The fourth-order valence-corrected chi connectivity index (χ4v) is 4.86. The summed E-state index contributed by atoms with van der Waals surface area (Å²) in [6.45, 7) is 1.37. The van der Waals surface area contributed by atoms with E-state index < -0.39 is 9.84 Å². The van der Waals surface area contributed by atoms with Crippen LogP contribution in [-0.4, -0.2) is 41.0 Å². The van der Waals surface area contributed by atoms with Crippen molar-refractivity contribution in [3.63, 3.8) is 0 Å². The first-order valence-corrected chi connectivity index (χ1v) is 11.6. The van der Waals surface area contributed by atoms with Crippen molar-refractivity contribution in [2.24, 2.45) is 0 Å². The molecule has 0 fully saturated rings. The van der Waals surface area contributed by atoms with Crippen LogP contribution in [0, 0.1) is 0 Å². The summed E-state index contributed by atoms with van der Waals surface area (Å²) >= 11 is 7.59. The van der Waals surface area contributed by atoms with E-state index in [2.05, 4.69) is 31.0 Å². The van der Waals surface area contributed by atoms with Gasteiger partial charge in [0.2, 0.25) is 11.0 Å². The Hall–Kier alpha value is -3.02. The summed E-state index contributed by atoms with van der Waals surface area (Å²) in [6, 6.07) is 8.14. The molecule has 0 radical (unpaired) electrons. The molecule has 3 N–H and O–H groups in total. The summed E-state index contributed by atoms with van der Waals surface area (Å²) in [5, 5.41) is 22.8. The molecule has 4 rings (SSSR count). The summed E-state index contributed by atoms with van der Waals surface area (Å²) in [5.74, 6) is -0.267. The highest BCUT2D eigenvalue weighted by Gasteiger charge is 2.19. The zero-order valence-corrected chi connectivity index (χ0v) is 18.1. The van der Waals surface area contributed by atoms with E-state index >= 15 is 0 Å². The fraction of sp³-hybridized carbons (Fsp3) is 0.111. The van der Waals surface area contributed by atoms with Crippen molar-refractivity contribution in [2.45, 2.75) is 11.8 Å². The van der Waals surface area contributed by atoms with Gasteiger partial charge in [0.1, 0.15) is 0 Å². The van der Waals surface area contributed by atoms with Crippen LogP contribution < -0.4 is 10.6 Å². The summed E-state index contributed by atoms with van der Waals surface area (Å²) in [6.07, 6.45) is 2.74. The minimum atomic E-state index is -3.53. The Morgan fingerprint density at radius 1 is 1.20 bits per heavy atom. The van der Waals surface area contributed by atoms with E-state index in [1.165, 1.54) is 19.1 Å². The highest BCUT2D eigenvalue weighted by atomic mass is 35.5. The summed E-state index contributed by atoms with van der Waals surface area (Å²) in [7, 11) is -3.53. The third-order valence-electron chi connectivity index (χ3n) is 4.15. The van der Waals surface area contributed by atoms with E-state index in [9.17, 15) is 13.2 Å². The quantitative estimate of drug-likeness (QED) is 0.410. The molecule has 1 amide bonds. The van der Waals surface area contributed by atoms with Crippen LogP contribution in [0.4, 0.5) is 16.5 Å². The zero-order valence-electron chi connectivity index (χ0n) is 15.7. The van der Waals surface area contributed by atoms with Crippen molar-refractivity contribution in [1.82, 2.24) is 20.4 Å². The van der Waals surface area contributed by atoms with Gasteiger partial charge in [-0.15, -0.1) is 10.2 Å². The molecule has 12 heteroatoms. The standard InChI is InChI=1S/C18H15ClN6O3S2/c1-9(26)21-10-3-6-15(30(2,27)28)11(7-10)17-24-25-18(29-17)22-14-5-4-13-12(16(14)19)8-20-23-13/h3-8H,1-2H3,(H,20,23)(H,21,26)(H,22,25). The van der Waals surface area contributed by atoms with Gasteiger partial charge in [0.25, 0.3) is 0 Å². The Morgan fingerprint density at radius 2 is 2.00 bits per heavy atom. The van der Waals surface area contributed by atoms with Gasteiger partial charge in [-0.1, -0.05) is 22.9 Å². The molecule has 2 heterocycles. The van der Waals surface area contributed by atoms with E-state index in [-0.39, 0.29) is 10.8 Å². The summed E-state index contributed by atoms with van der Waals surface area (Å²) < 4.78 is 24.5. The predicted molar refractivity (Wildman–Crippen MR) is 117 cm³/mol. The SMILES string of the molecule is CC(=O)Nc1ccc(S(C)(=O)=O)c(-c2nnc(Nc3ccc4[nH]ncc4c3Cl)s2)c1. The van der Waals surface area contributed by atoms with Gasteiger partial charge >= 0.3 is 0 Å². The molecule has 0 bridgehead atoms. The second-order valence-electron chi connectivity index (χ2n) is 6.46. The van der Waals surface area contributed by atoms with Gasteiger partial charge in [0, 0.05) is 29.8 Å². The van der Waals surface area contributed by atoms with Crippen LogP contribution in [0.25, 0.3) is 21.5 Å². The van der Waals surface area contributed by atoms with E-state index in [1.54, 1.807) is 18.3 Å². The minimum Gasteiger partial charge on any atom is -0.329 e. The number of carbonyl (C=O) groups excluding carboxylic acids is 1. The predicted octanol–water partition coefficient (Wildman–Crippen LogP) is 3.84. The van der Waals surface area contributed by atoms with Gasteiger partial charge in [-0.2, -0.15) is 5.10 Å². The Bertz CT molecular complexity index is 1380. The molecular formula is C18H15ClN6O3S2. The smallest absolute Gasteiger partial charge is 0.221 e. The number of hydrogen-bond donors (Lipinski definition) is 3. The second-order valence-corrected chi connectivity index (χ2v) is 9.80. The monoisotopic (exact) mass is 462 g/mol. The Morgan fingerprint density at radius 3 is 2.73 bits per heavy atom. The highest BCUT2D eigenvalue weighted by Crippen LogP contribution is 2.37. The molecule has 0 atom stereocenters. The number of rotatable bonds is 5. The maximum atomic E-state index is 12.2. The first-order chi connectivity index (χ1) is 14.2. The Kier molecular flexibility index (Phi) is 5.18. The zero-order chi connectivity index (χ0) is 21.5. The average Bonchev–Trinajstić information content (AvgIpc) is 3.32. The number of benzene rings is 2. The van der Waals surface area contributed by atoms with E-state index in [0.717, 1.165) is 28.5 Å². The highest BCUT2D eigenvalue weighted by molar-refractivity contribution is 7.90. The number of halogens is 1. The van der Waals surface area contributed by atoms with Crippen molar-refractivity contribution in [1.29, 1.82) is 0 Å². The fourth-order valence-electron chi connectivity index (χ4n) is 2.88. The third-order valence-corrected chi connectivity index (χ3v) is 6.59. The molecule has 2 aromatic heterocycles. The topological polar surface area (TPSA) is 130 Å².